The molecule has 2 atom stereocenters. The van der Waals surface area contributed by atoms with E-state index in [9.17, 15) is 9.90 Å². The Morgan fingerprint density at radius 1 is 1.17 bits per heavy atom. The molecular formula is C14H26N2O2. The number of carbonyl (C=O) groups is 1. The lowest BCUT2D eigenvalue weighted by atomic mass is 9.92. The number of rotatable bonds is 4. The fourth-order valence-electron chi connectivity index (χ4n) is 3.17. The Morgan fingerprint density at radius 3 is 2.56 bits per heavy atom. The van der Waals surface area contributed by atoms with E-state index in [0.29, 0.717) is 5.92 Å². The number of piperidine rings is 2. The van der Waals surface area contributed by atoms with E-state index in [-0.39, 0.29) is 6.04 Å². The zero-order valence-electron chi connectivity index (χ0n) is 11.5. The summed E-state index contributed by atoms with van der Waals surface area (Å²) in [6.07, 6.45) is 5.92. The predicted molar refractivity (Wildman–Crippen MR) is 71.7 cm³/mol. The number of nitrogens with zero attached hydrogens (tertiary/aromatic N) is 2. The van der Waals surface area contributed by atoms with Crippen molar-refractivity contribution < 1.29 is 9.90 Å². The van der Waals surface area contributed by atoms with Crippen LogP contribution in [0.25, 0.3) is 0 Å². The molecule has 0 aromatic heterocycles. The van der Waals surface area contributed by atoms with Gasteiger partial charge in [0.15, 0.2) is 0 Å². The predicted octanol–water partition coefficient (Wildman–Crippen LogP) is 1.66. The Bertz CT molecular complexity index is 277. The van der Waals surface area contributed by atoms with Crippen molar-refractivity contribution in [1.29, 1.82) is 0 Å². The van der Waals surface area contributed by atoms with Crippen LogP contribution in [0.1, 0.15) is 39.0 Å². The Hall–Kier alpha value is -0.610. The molecular weight excluding hydrogens is 228 g/mol. The van der Waals surface area contributed by atoms with E-state index in [2.05, 4.69) is 16.7 Å². The van der Waals surface area contributed by atoms with E-state index < -0.39 is 5.97 Å². The van der Waals surface area contributed by atoms with Gasteiger partial charge in [0, 0.05) is 13.1 Å². The summed E-state index contributed by atoms with van der Waals surface area (Å²) in [5, 5.41) is 9.31. The van der Waals surface area contributed by atoms with Gasteiger partial charge in [-0.2, -0.15) is 0 Å². The first-order valence-electron chi connectivity index (χ1n) is 7.36. The Morgan fingerprint density at radius 2 is 1.89 bits per heavy atom. The van der Waals surface area contributed by atoms with Crippen LogP contribution in [0.15, 0.2) is 0 Å². The van der Waals surface area contributed by atoms with Gasteiger partial charge in [-0.15, -0.1) is 0 Å². The molecule has 0 aromatic carbocycles. The molecule has 1 N–H and O–H groups in total. The van der Waals surface area contributed by atoms with Crippen LogP contribution in [0.3, 0.4) is 0 Å². The number of carboxylic acid groups (broad SMARTS) is 1. The summed E-state index contributed by atoms with van der Waals surface area (Å²) in [5.74, 6) is -0.0856. The molecule has 18 heavy (non-hydrogen) atoms. The Labute approximate surface area is 110 Å². The maximum Gasteiger partial charge on any atom is 0.320 e. The molecule has 2 aliphatic heterocycles. The molecule has 4 nitrogen and oxygen atoms in total. The first-order valence-corrected chi connectivity index (χ1v) is 7.36. The summed E-state index contributed by atoms with van der Waals surface area (Å²) in [4.78, 5) is 16.0. The molecule has 0 aliphatic carbocycles. The van der Waals surface area contributed by atoms with Gasteiger partial charge in [0.05, 0.1) is 0 Å². The number of aliphatic carboxylic acids is 1. The minimum absolute atomic E-state index is 0.251. The standard InChI is InChI=1S/C14H26N2O2/c1-12-5-8-16(13(11-12)14(17)18)10-9-15-6-3-2-4-7-15/h12-13H,2-11H2,1H3,(H,17,18). The normalized spacial score (nSPS) is 31.4. The van der Waals surface area contributed by atoms with Gasteiger partial charge in [0.25, 0.3) is 0 Å². The second kappa shape index (κ2) is 6.53. The van der Waals surface area contributed by atoms with Gasteiger partial charge in [0.2, 0.25) is 0 Å². The fourth-order valence-corrected chi connectivity index (χ4v) is 3.17. The fraction of sp³-hybridized carbons (Fsp3) is 0.929. The van der Waals surface area contributed by atoms with Gasteiger partial charge in [-0.3, -0.25) is 9.69 Å². The monoisotopic (exact) mass is 254 g/mol. The third-order valence-corrected chi connectivity index (χ3v) is 4.41. The smallest absolute Gasteiger partial charge is 0.320 e. The molecule has 0 bridgehead atoms. The van der Waals surface area contributed by atoms with Crippen molar-refractivity contribution in [3.05, 3.63) is 0 Å². The number of likely N-dealkylation sites (tertiary alicyclic amines) is 2. The molecule has 0 radical (unpaired) electrons. The highest BCUT2D eigenvalue weighted by atomic mass is 16.4. The molecule has 0 amide bonds. The van der Waals surface area contributed by atoms with Gasteiger partial charge >= 0.3 is 5.97 Å². The minimum atomic E-state index is -0.639. The van der Waals surface area contributed by atoms with Crippen LogP contribution >= 0.6 is 0 Å². The molecule has 0 saturated carbocycles. The van der Waals surface area contributed by atoms with Crippen LogP contribution in [0.4, 0.5) is 0 Å². The molecule has 2 heterocycles. The van der Waals surface area contributed by atoms with E-state index in [1.54, 1.807) is 0 Å². The van der Waals surface area contributed by atoms with Crippen LogP contribution in [-0.4, -0.2) is 59.6 Å². The molecule has 2 unspecified atom stereocenters. The van der Waals surface area contributed by atoms with E-state index >= 15 is 0 Å². The molecule has 2 fully saturated rings. The van der Waals surface area contributed by atoms with Crippen LogP contribution in [0.2, 0.25) is 0 Å². The van der Waals surface area contributed by atoms with Crippen molar-refractivity contribution in [1.82, 2.24) is 9.80 Å². The van der Waals surface area contributed by atoms with Gasteiger partial charge in [-0.1, -0.05) is 13.3 Å². The van der Waals surface area contributed by atoms with Gasteiger partial charge < -0.3 is 10.0 Å². The number of hydrogen-bond donors (Lipinski definition) is 1. The van der Waals surface area contributed by atoms with Crippen molar-refractivity contribution in [3.8, 4) is 0 Å². The van der Waals surface area contributed by atoms with Crippen molar-refractivity contribution >= 4 is 5.97 Å². The zero-order valence-corrected chi connectivity index (χ0v) is 11.5. The first kappa shape index (κ1) is 13.8. The van der Waals surface area contributed by atoms with Crippen LogP contribution < -0.4 is 0 Å². The molecule has 4 heteroatoms. The number of hydrogen-bond acceptors (Lipinski definition) is 3. The summed E-state index contributed by atoms with van der Waals surface area (Å²) >= 11 is 0. The quantitative estimate of drug-likeness (QED) is 0.828. The van der Waals surface area contributed by atoms with Crippen molar-refractivity contribution in [2.45, 2.75) is 45.1 Å². The van der Waals surface area contributed by atoms with E-state index in [1.165, 1.54) is 32.4 Å². The second-order valence-electron chi connectivity index (χ2n) is 5.92. The van der Waals surface area contributed by atoms with Gasteiger partial charge in [0.1, 0.15) is 6.04 Å². The third kappa shape index (κ3) is 3.69. The topological polar surface area (TPSA) is 43.8 Å². The largest absolute Gasteiger partial charge is 0.480 e. The van der Waals surface area contributed by atoms with E-state index in [4.69, 9.17) is 0 Å². The lowest BCUT2D eigenvalue weighted by Gasteiger charge is -2.37. The molecule has 2 aliphatic rings. The average Bonchev–Trinajstić information content (AvgIpc) is 2.38. The SMILES string of the molecule is CC1CCN(CCN2CCCCC2)C(C(=O)O)C1. The Kier molecular flexibility index (Phi) is 5.01. The molecule has 0 aromatic rings. The maximum atomic E-state index is 11.3. The lowest BCUT2D eigenvalue weighted by Crippen LogP contribution is -2.49. The molecule has 2 saturated heterocycles. The molecule has 2 rings (SSSR count). The molecule has 104 valence electrons. The summed E-state index contributed by atoms with van der Waals surface area (Å²) in [6.45, 7) is 7.47. The summed E-state index contributed by atoms with van der Waals surface area (Å²) < 4.78 is 0. The average molecular weight is 254 g/mol. The van der Waals surface area contributed by atoms with Crippen LogP contribution in [0, 0.1) is 5.92 Å². The van der Waals surface area contributed by atoms with E-state index in [0.717, 1.165) is 32.5 Å². The highest BCUT2D eigenvalue weighted by Crippen LogP contribution is 2.22. The van der Waals surface area contributed by atoms with Gasteiger partial charge in [-0.05, 0) is 51.2 Å². The molecule has 0 spiro atoms. The van der Waals surface area contributed by atoms with Crippen molar-refractivity contribution in [3.63, 3.8) is 0 Å². The number of carboxylic acids is 1. The third-order valence-electron chi connectivity index (χ3n) is 4.41. The summed E-state index contributed by atoms with van der Waals surface area (Å²) in [5.41, 5.74) is 0. The first-order chi connectivity index (χ1) is 8.66. The summed E-state index contributed by atoms with van der Waals surface area (Å²) in [7, 11) is 0. The Balaban J connectivity index is 1.80. The highest BCUT2D eigenvalue weighted by molar-refractivity contribution is 5.73. The van der Waals surface area contributed by atoms with Crippen LogP contribution in [0.5, 0.6) is 0 Å². The van der Waals surface area contributed by atoms with Gasteiger partial charge in [-0.25, -0.2) is 0 Å². The summed E-state index contributed by atoms with van der Waals surface area (Å²) in [6, 6.07) is -0.251. The second-order valence-corrected chi connectivity index (χ2v) is 5.92. The van der Waals surface area contributed by atoms with Crippen molar-refractivity contribution in [2.24, 2.45) is 5.92 Å². The van der Waals surface area contributed by atoms with E-state index in [1.807, 2.05) is 0 Å². The maximum absolute atomic E-state index is 11.3. The van der Waals surface area contributed by atoms with Crippen LogP contribution in [-0.2, 0) is 4.79 Å². The zero-order chi connectivity index (χ0) is 13.0. The highest BCUT2D eigenvalue weighted by Gasteiger charge is 2.31. The minimum Gasteiger partial charge on any atom is -0.480 e. The lowest BCUT2D eigenvalue weighted by molar-refractivity contribution is -0.145. The van der Waals surface area contributed by atoms with Crippen molar-refractivity contribution in [2.75, 3.05) is 32.7 Å².